The zero-order valence-electron chi connectivity index (χ0n) is 9.36. The van der Waals surface area contributed by atoms with Gasteiger partial charge < -0.3 is 5.11 Å². The second kappa shape index (κ2) is 6.02. The molecule has 2 rings (SSSR count). The number of rotatable bonds is 3. The topological polar surface area (TPSA) is 32.3 Å². The summed E-state index contributed by atoms with van der Waals surface area (Å²) in [7, 11) is 0. The van der Waals surface area contributed by atoms with Crippen LogP contribution in [0.2, 0.25) is 0 Å². The summed E-state index contributed by atoms with van der Waals surface area (Å²) in [5.41, 5.74) is 3.63. The lowest BCUT2D eigenvalue weighted by atomic mass is 10.0. The molecule has 0 atom stereocenters. The lowest BCUT2D eigenvalue weighted by molar-refractivity contribution is 0.475. The van der Waals surface area contributed by atoms with Crippen LogP contribution in [0.4, 0.5) is 0 Å². The fraction of sp³-hybridized carbons (Fsp3) is 0.143. The standard InChI is InChI=1S/C14H14INO/c15-16-10-11-2-1-3-12(5-4-11)13-6-8-14(17)9-7-13/h2-9,16-17H,1,10H2. The summed E-state index contributed by atoms with van der Waals surface area (Å²) >= 11 is 2.15. The molecule has 0 radical (unpaired) electrons. The van der Waals surface area contributed by atoms with E-state index >= 15 is 0 Å². The van der Waals surface area contributed by atoms with Crippen molar-refractivity contribution in [3.05, 3.63) is 59.7 Å². The third-order valence-electron chi connectivity index (χ3n) is 2.67. The van der Waals surface area contributed by atoms with Gasteiger partial charge in [-0.2, -0.15) is 0 Å². The Bertz CT molecular complexity index is 472. The molecule has 0 saturated carbocycles. The number of aromatic hydroxyl groups is 1. The average molecular weight is 339 g/mol. The second-order valence-corrected chi connectivity index (χ2v) is 4.63. The highest BCUT2D eigenvalue weighted by Gasteiger charge is 2.01. The van der Waals surface area contributed by atoms with E-state index in [2.05, 4.69) is 50.7 Å². The maximum absolute atomic E-state index is 9.27. The van der Waals surface area contributed by atoms with Crippen LogP contribution in [0.15, 0.2) is 54.1 Å². The number of nitrogens with one attached hydrogen (secondary N) is 1. The zero-order valence-corrected chi connectivity index (χ0v) is 11.5. The Morgan fingerprint density at radius 1 is 1.12 bits per heavy atom. The van der Waals surface area contributed by atoms with Crippen molar-refractivity contribution < 1.29 is 5.11 Å². The van der Waals surface area contributed by atoms with Gasteiger partial charge in [0, 0.05) is 29.4 Å². The minimum absolute atomic E-state index is 0.305. The van der Waals surface area contributed by atoms with E-state index < -0.39 is 0 Å². The number of hydrogen-bond acceptors (Lipinski definition) is 2. The molecule has 0 fully saturated rings. The molecule has 0 amide bonds. The van der Waals surface area contributed by atoms with Crippen LogP contribution in [-0.2, 0) is 0 Å². The molecule has 1 aliphatic rings. The molecule has 1 aromatic rings. The Balaban J connectivity index is 2.17. The van der Waals surface area contributed by atoms with Crippen LogP contribution < -0.4 is 3.53 Å². The quantitative estimate of drug-likeness (QED) is 0.651. The molecule has 0 aliphatic heterocycles. The number of halogens is 1. The van der Waals surface area contributed by atoms with Crippen molar-refractivity contribution in [2.24, 2.45) is 0 Å². The molecule has 2 N–H and O–H groups in total. The van der Waals surface area contributed by atoms with Gasteiger partial charge in [0.15, 0.2) is 0 Å². The summed E-state index contributed by atoms with van der Waals surface area (Å²) in [5.74, 6) is 0.305. The fourth-order valence-electron chi connectivity index (χ4n) is 1.75. The number of benzene rings is 1. The van der Waals surface area contributed by atoms with Gasteiger partial charge in [-0.25, -0.2) is 0 Å². The SMILES string of the molecule is Oc1ccc(C2=CCC=C(CNI)C=C2)cc1. The van der Waals surface area contributed by atoms with E-state index in [9.17, 15) is 5.11 Å². The van der Waals surface area contributed by atoms with Crippen LogP contribution in [0.3, 0.4) is 0 Å². The molecule has 1 aliphatic carbocycles. The van der Waals surface area contributed by atoms with Gasteiger partial charge in [-0.15, -0.1) is 0 Å². The monoisotopic (exact) mass is 339 g/mol. The predicted molar refractivity (Wildman–Crippen MR) is 79.9 cm³/mol. The van der Waals surface area contributed by atoms with E-state index in [4.69, 9.17) is 0 Å². The van der Waals surface area contributed by atoms with Crippen molar-refractivity contribution in [2.45, 2.75) is 6.42 Å². The maximum Gasteiger partial charge on any atom is 0.115 e. The summed E-state index contributed by atoms with van der Waals surface area (Å²) in [6.07, 6.45) is 9.62. The molecule has 0 unspecified atom stereocenters. The first-order valence-corrected chi connectivity index (χ1v) is 6.57. The van der Waals surface area contributed by atoms with Crippen molar-refractivity contribution in [3.8, 4) is 5.75 Å². The summed E-state index contributed by atoms with van der Waals surface area (Å²) < 4.78 is 3.12. The Morgan fingerprint density at radius 3 is 2.59 bits per heavy atom. The molecule has 88 valence electrons. The van der Waals surface area contributed by atoms with Gasteiger partial charge >= 0.3 is 0 Å². The van der Waals surface area contributed by atoms with E-state index in [0.717, 1.165) is 18.5 Å². The van der Waals surface area contributed by atoms with E-state index in [1.54, 1.807) is 12.1 Å². The molecule has 0 spiro atoms. The van der Waals surface area contributed by atoms with Gasteiger partial charge in [0.2, 0.25) is 0 Å². The molecule has 0 heterocycles. The maximum atomic E-state index is 9.27. The summed E-state index contributed by atoms with van der Waals surface area (Å²) in [4.78, 5) is 0. The van der Waals surface area contributed by atoms with Crippen LogP contribution >= 0.6 is 22.9 Å². The van der Waals surface area contributed by atoms with E-state index in [1.165, 1.54) is 11.1 Å². The highest BCUT2D eigenvalue weighted by molar-refractivity contribution is 14.1. The first kappa shape index (κ1) is 12.4. The Hall–Kier alpha value is -1.07. The van der Waals surface area contributed by atoms with Gasteiger partial charge in [-0.05, 0) is 35.3 Å². The largest absolute Gasteiger partial charge is 0.508 e. The number of hydrogen-bond donors (Lipinski definition) is 2. The molecule has 17 heavy (non-hydrogen) atoms. The molecule has 0 saturated heterocycles. The first-order valence-electron chi connectivity index (χ1n) is 5.50. The molecule has 2 nitrogen and oxygen atoms in total. The van der Waals surface area contributed by atoms with Crippen LogP contribution in [0.1, 0.15) is 12.0 Å². The number of phenolic OH excluding ortho intramolecular Hbond substituents is 1. The minimum Gasteiger partial charge on any atom is -0.508 e. The summed E-state index contributed by atoms with van der Waals surface area (Å²) in [6.45, 7) is 0.883. The Morgan fingerprint density at radius 2 is 1.88 bits per heavy atom. The normalized spacial score (nSPS) is 15.1. The summed E-state index contributed by atoms with van der Waals surface area (Å²) in [5, 5.41) is 9.27. The third kappa shape index (κ3) is 3.44. The van der Waals surface area contributed by atoms with E-state index in [1.807, 2.05) is 12.1 Å². The van der Waals surface area contributed by atoms with E-state index in [0.29, 0.717) is 5.75 Å². The van der Waals surface area contributed by atoms with Crippen molar-refractivity contribution in [1.82, 2.24) is 3.53 Å². The van der Waals surface area contributed by atoms with Crippen molar-refractivity contribution in [3.63, 3.8) is 0 Å². The fourth-order valence-corrected chi connectivity index (χ4v) is 2.19. The minimum atomic E-state index is 0.305. The van der Waals surface area contributed by atoms with Crippen LogP contribution in [0.25, 0.3) is 5.57 Å². The molecular weight excluding hydrogens is 325 g/mol. The van der Waals surface area contributed by atoms with E-state index in [-0.39, 0.29) is 0 Å². The van der Waals surface area contributed by atoms with Gasteiger partial charge in [0.25, 0.3) is 0 Å². The van der Waals surface area contributed by atoms with Gasteiger partial charge in [0.05, 0.1) is 0 Å². The van der Waals surface area contributed by atoms with Crippen molar-refractivity contribution >= 4 is 28.4 Å². The zero-order chi connectivity index (χ0) is 12.1. The third-order valence-corrected chi connectivity index (χ3v) is 3.05. The smallest absolute Gasteiger partial charge is 0.115 e. The van der Waals surface area contributed by atoms with Crippen LogP contribution in [-0.4, -0.2) is 11.7 Å². The second-order valence-electron chi connectivity index (χ2n) is 3.86. The van der Waals surface area contributed by atoms with Gasteiger partial charge in [-0.3, -0.25) is 3.53 Å². The predicted octanol–water partition coefficient (Wildman–Crippen LogP) is 3.60. The average Bonchev–Trinajstić information content (AvgIpc) is 2.56. The van der Waals surface area contributed by atoms with Crippen molar-refractivity contribution in [1.29, 1.82) is 0 Å². The van der Waals surface area contributed by atoms with Crippen molar-refractivity contribution in [2.75, 3.05) is 6.54 Å². The molecule has 3 heteroatoms. The highest BCUT2D eigenvalue weighted by Crippen LogP contribution is 2.22. The lowest BCUT2D eigenvalue weighted by Crippen LogP contribution is -2.01. The molecular formula is C14H14INO. The first-order chi connectivity index (χ1) is 8.29. The highest BCUT2D eigenvalue weighted by atomic mass is 127. The Labute approximate surface area is 115 Å². The Kier molecular flexibility index (Phi) is 4.39. The van der Waals surface area contributed by atoms with Gasteiger partial charge in [-0.1, -0.05) is 36.4 Å². The van der Waals surface area contributed by atoms with Gasteiger partial charge in [0.1, 0.15) is 5.75 Å². The van der Waals surface area contributed by atoms with Crippen LogP contribution in [0.5, 0.6) is 5.75 Å². The summed E-state index contributed by atoms with van der Waals surface area (Å²) in [6, 6.07) is 7.31. The molecule has 1 aromatic carbocycles. The van der Waals surface area contributed by atoms with Crippen LogP contribution in [0, 0.1) is 0 Å². The lowest BCUT2D eigenvalue weighted by Gasteiger charge is -2.02. The number of phenols is 1. The molecule has 0 aromatic heterocycles. The molecule has 0 bridgehead atoms. The number of allylic oxidation sites excluding steroid dienone is 4.